The van der Waals surface area contributed by atoms with Crippen LogP contribution in [0.15, 0.2) is 23.0 Å². The highest BCUT2D eigenvalue weighted by molar-refractivity contribution is 6.32. The fourth-order valence-corrected chi connectivity index (χ4v) is 2.19. The Morgan fingerprint density at radius 1 is 1.39 bits per heavy atom. The highest BCUT2D eigenvalue weighted by Crippen LogP contribution is 2.34. The van der Waals surface area contributed by atoms with Crippen LogP contribution in [0.1, 0.15) is 25.3 Å². The third-order valence-corrected chi connectivity index (χ3v) is 3.47. The minimum absolute atomic E-state index is 0.0373. The molecule has 1 heterocycles. The lowest BCUT2D eigenvalue weighted by atomic mass is 10.1. The van der Waals surface area contributed by atoms with E-state index in [-0.39, 0.29) is 5.56 Å². The van der Waals surface area contributed by atoms with Gasteiger partial charge in [0.15, 0.2) is 0 Å². The summed E-state index contributed by atoms with van der Waals surface area (Å²) in [6, 6.07) is 5.56. The van der Waals surface area contributed by atoms with Crippen LogP contribution in [0.3, 0.4) is 0 Å². The van der Waals surface area contributed by atoms with Crippen LogP contribution in [0.2, 0.25) is 5.02 Å². The van der Waals surface area contributed by atoms with Crippen molar-refractivity contribution in [2.24, 2.45) is 0 Å². The zero-order valence-corrected chi connectivity index (χ0v) is 10.9. The van der Waals surface area contributed by atoms with Gasteiger partial charge in [-0.05, 0) is 31.4 Å². The standard InChI is InChI=1S/C14H14ClNO2/c1-2-8-5-9-6-11(15)13(18-10-3-4-10)7-12(9)16-14(8)17/h5-7,10H,2-4H2,1H3,(H,16,17). The number of rotatable bonds is 3. The Labute approximate surface area is 110 Å². The Hall–Kier alpha value is -1.48. The molecule has 0 aliphatic heterocycles. The molecule has 1 N–H and O–H groups in total. The van der Waals surface area contributed by atoms with Gasteiger partial charge < -0.3 is 9.72 Å². The molecule has 3 rings (SSSR count). The number of H-pyrrole nitrogens is 1. The highest BCUT2D eigenvalue weighted by atomic mass is 35.5. The second kappa shape index (κ2) is 4.32. The van der Waals surface area contributed by atoms with Crippen molar-refractivity contribution in [2.75, 3.05) is 0 Å². The molecule has 2 aromatic rings. The zero-order chi connectivity index (χ0) is 12.7. The summed E-state index contributed by atoms with van der Waals surface area (Å²) in [7, 11) is 0. The van der Waals surface area contributed by atoms with Crippen LogP contribution in [0.25, 0.3) is 10.9 Å². The summed E-state index contributed by atoms with van der Waals surface area (Å²) in [5.74, 6) is 0.659. The number of benzene rings is 1. The molecule has 0 radical (unpaired) electrons. The molecule has 4 heteroatoms. The van der Waals surface area contributed by atoms with Crippen LogP contribution >= 0.6 is 11.6 Å². The lowest BCUT2D eigenvalue weighted by molar-refractivity contribution is 0.304. The molecule has 1 fully saturated rings. The first-order valence-electron chi connectivity index (χ1n) is 6.19. The smallest absolute Gasteiger partial charge is 0.251 e. The number of aromatic nitrogens is 1. The van der Waals surface area contributed by atoms with Gasteiger partial charge in [0.1, 0.15) is 5.75 Å². The summed E-state index contributed by atoms with van der Waals surface area (Å²) in [5.41, 5.74) is 1.51. The number of fused-ring (bicyclic) bond motifs is 1. The maximum atomic E-state index is 11.8. The van der Waals surface area contributed by atoms with Gasteiger partial charge >= 0.3 is 0 Å². The van der Waals surface area contributed by atoms with Crippen LogP contribution in [-0.4, -0.2) is 11.1 Å². The fraction of sp³-hybridized carbons (Fsp3) is 0.357. The molecule has 1 aliphatic rings. The molecule has 3 nitrogen and oxygen atoms in total. The van der Waals surface area contributed by atoms with Gasteiger partial charge in [0, 0.05) is 17.0 Å². The van der Waals surface area contributed by atoms with Gasteiger partial charge in [0.05, 0.1) is 16.6 Å². The first kappa shape index (κ1) is 11.6. The third kappa shape index (κ3) is 2.10. The quantitative estimate of drug-likeness (QED) is 0.923. The Bertz CT molecular complexity index is 659. The maximum Gasteiger partial charge on any atom is 0.251 e. The molecule has 0 bridgehead atoms. The fourth-order valence-electron chi connectivity index (χ4n) is 1.97. The Kier molecular flexibility index (Phi) is 2.78. The molecular formula is C14H14ClNO2. The van der Waals surface area contributed by atoms with Gasteiger partial charge in [-0.2, -0.15) is 0 Å². The average Bonchev–Trinajstić information content (AvgIpc) is 3.14. The average molecular weight is 264 g/mol. The Balaban J connectivity index is 2.13. The highest BCUT2D eigenvalue weighted by Gasteiger charge is 2.24. The first-order valence-corrected chi connectivity index (χ1v) is 6.57. The zero-order valence-electron chi connectivity index (χ0n) is 10.1. The Morgan fingerprint density at radius 3 is 2.83 bits per heavy atom. The van der Waals surface area contributed by atoms with E-state index in [0.717, 1.165) is 29.3 Å². The second-order valence-electron chi connectivity index (χ2n) is 4.66. The van der Waals surface area contributed by atoms with Crippen LogP contribution in [0, 0.1) is 0 Å². The van der Waals surface area contributed by atoms with E-state index < -0.39 is 0 Å². The number of ether oxygens (including phenoxy) is 1. The van der Waals surface area contributed by atoms with E-state index in [2.05, 4.69) is 4.98 Å². The van der Waals surface area contributed by atoms with Crippen LogP contribution < -0.4 is 10.3 Å². The molecule has 0 saturated heterocycles. The molecule has 18 heavy (non-hydrogen) atoms. The number of aromatic amines is 1. The lowest BCUT2D eigenvalue weighted by Crippen LogP contribution is -2.11. The number of nitrogens with one attached hydrogen (secondary N) is 1. The van der Waals surface area contributed by atoms with Crippen LogP contribution in [0.4, 0.5) is 0 Å². The van der Waals surface area contributed by atoms with E-state index in [4.69, 9.17) is 16.3 Å². The molecule has 0 atom stereocenters. The maximum absolute atomic E-state index is 11.8. The summed E-state index contributed by atoms with van der Waals surface area (Å²) in [6.45, 7) is 1.96. The van der Waals surface area contributed by atoms with Gasteiger partial charge in [-0.3, -0.25) is 4.79 Å². The van der Waals surface area contributed by atoms with Crippen molar-refractivity contribution >= 4 is 22.5 Å². The molecule has 1 aromatic carbocycles. The molecule has 1 aromatic heterocycles. The number of hydrogen-bond donors (Lipinski definition) is 1. The summed E-state index contributed by atoms with van der Waals surface area (Å²) >= 11 is 6.19. The number of pyridine rings is 1. The van der Waals surface area contributed by atoms with Gasteiger partial charge in [-0.25, -0.2) is 0 Å². The molecule has 94 valence electrons. The molecule has 1 saturated carbocycles. The van der Waals surface area contributed by atoms with E-state index in [1.54, 1.807) is 0 Å². The summed E-state index contributed by atoms with van der Waals surface area (Å²) in [6.07, 6.45) is 3.17. The monoisotopic (exact) mass is 263 g/mol. The van der Waals surface area contributed by atoms with Crippen molar-refractivity contribution in [3.63, 3.8) is 0 Å². The SMILES string of the molecule is CCc1cc2cc(Cl)c(OC3CC3)cc2[nH]c1=O. The topological polar surface area (TPSA) is 42.1 Å². The first-order chi connectivity index (χ1) is 8.67. The number of halogens is 1. The normalized spacial score (nSPS) is 15.0. The minimum Gasteiger partial charge on any atom is -0.489 e. The summed E-state index contributed by atoms with van der Waals surface area (Å²) < 4.78 is 5.71. The van der Waals surface area contributed by atoms with E-state index in [9.17, 15) is 4.79 Å². The second-order valence-corrected chi connectivity index (χ2v) is 5.07. The van der Waals surface area contributed by atoms with Gasteiger partial charge in [-0.15, -0.1) is 0 Å². The van der Waals surface area contributed by atoms with Crippen molar-refractivity contribution in [3.05, 3.63) is 39.1 Å². The van der Waals surface area contributed by atoms with E-state index in [1.807, 2.05) is 25.1 Å². The molecule has 0 spiro atoms. The van der Waals surface area contributed by atoms with Crippen LogP contribution in [0.5, 0.6) is 5.75 Å². The van der Waals surface area contributed by atoms with Gasteiger partial charge in [0.2, 0.25) is 0 Å². The van der Waals surface area contributed by atoms with Crippen molar-refractivity contribution < 1.29 is 4.74 Å². The molecule has 1 aliphatic carbocycles. The summed E-state index contributed by atoms with van der Waals surface area (Å²) in [4.78, 5) is 14.6. The summed E-state index contributed by atoms with van der Waals surface area (Å²) in [5, 5.41) is 1.54. The van der Waals surface area contributed by atoms with Crippen molar-refractivity contribution in [2.45, 2.75) is 32.3 Å². The minimum atomic E-state index is -0.0373. The number of hydrogen-bond acceptors (Lipinski definition) is 2. The molecule has 0 unspecified atom stereocenters. The largest absolute Gasteiger partial charge is 0.489 e. The van der Waals surface area contributed by atoms with E-state index in [1.165, 1.54) is 0 Å². The van der Waals surface area contributed by atoms with Crippen molar-refractivity contribution in [1.29, 1.82) is 0 Å². The van der Waals surface area contributed by atoms with Crippen molar-refractivity contribution in [1.82, 2.24) is 4.98 Å². The predicted molar refractivity (Wildman–Crippen MR) is 72.6 cm³/mol. The van der Waals surface area contributed by atoms with Gasteiger partial charge in [-0.1, -0.05) is 18.5 Å². The third-order valence-electron chi connectivity index (χ3n) is 3.17. The molecular weight excluding hydrogens is 250 g/mol. The van der Waals surface area contributed by atoms with E-state index in [0.29, 0.717) is 23.3 Å². The Morgan fingerprint density at radius 2 is 2.17 bits per heavy atom. The van der Waals surface area contributed by atoms with Crippen LogP contribution in [-0.2, 0) is 6.42 Å². The lowest BCUT2D eigenvalue weighted by Gasteiger charge is -2.09. The molecule has 0 amide bonds. The van der Waals surface area contributed by atoms with E-state index >= 15 is 0 Å². The predicted octanol–water partition coefficient (Wildman–Crippen LogP) is 3.29. The van der Waals surface area contributed by atoms with Crippen molar-refractivity contribution in [3.8, 4) is 5.75 Å². The van der Waals surface area contributed by atoms with Gasteiger partial charge in [0.25, 0.3) is 5.56 Å². The number of aryl methyl sites for hydroxylation is 1.